The summed E-state index contributed by atoms with van der Waals surface area (Å²) in [6.07, 6.45) is 5.00. The molecule has 88 valence electrons. The van der Waals surface area contributed by atoms with Crippen LogP contribution in [0.1, 0.15) is 10.4 Å². The molecule has 0 aromatic carbocycles. The average molecular weight is 256 g/mol. The fraction of sp³-hybridized carbons (Fsp3) is 0. The molecule has 1 aliphatic heterocycles. The minimum absolute atomic E-state index is 0.298. The van der Waals surface area contributed by atoms with E-state index in [1.54, 1.807) is 24.5 Å². The van der Waals surface area contributed by atoms with Crippen molar-refractivity contribution < 1.29 is 9.53 Å². The summed E-state index contributed by atoms with van der Waals surface area (Å²) >= 11 is 1.48. The third kappa shape index (κ3) is 2.08. The third-order valence-electron chi connectivity index (χ3n) is 2.34. The average Bonchev–Trinajstić information content (AvgIpc) is 3.01. The number of nitrogens with zero attached hydrogens (tertiary/aromatic N) is 2. The van der Waals surface area contributed by atoms with Gasteiger partial charge >= 0.3 is 5.97 Å². The molecule has 0 saturated carbocycles. The van der Waals surface area contributed by atoms with Crippen LogP contribution in [0, 0.1) is 0 Å². The van der Waals surface area contributed by atoms with Gasteiger partial charge in [0, 0.05) is 12.4 Å². The summed E-state index contributed by atoms with van der Waals surface area (Å²) in [5.74, 6) is -0.0626. The van der Waals surface area contributed by atoms with Crippen LogP contribution in [0.4, 0.5) is 0 Å². The monoisotopic (exact) mass is 256 g/mol. The maximum atomic E-state index is 11.7. The first kappa shape index (κ1) is 10.9. The number of ether oxygens (including phenoxy) is 1. The Balaban J connectivity index is 1.94. The topological polar surface area (TPSA) is 51.5 Å². The van der Waals surface area contributed by atoms with Gasteiger partial charge in [0.05, 0.1) is 4.88 Å². The second-order valence-electron chi connectivity index (χ2n) is 3.60. The molecule has 0 bridgehead atoms. The summed E-state index contributed by atoms with van der Waals surface area (Å²) in [4.78, 5) is 20.7. The fourth-order valence-electron chi connectivity index (χ4n) is 1.53. The lowest BCUT2D eigenvalue weighted by molar-refractivity contribution is -0.129. The quantitative estimate of drug-likeness (QED) is 0.612. The van der Waals surface area contributed by atoms with Crippen molar-refractivity contribution in [3.63, 3.8) is 0 Å². The molecule has 3 heterocycles. The van der Waals surface area contributed by atoms with Crippen molar-refractivity contribution in [2.45, 2.75) is 0 Å². The molecule has 18 heavy (non-hydrogen) atoms. The molecule has 3 rings (SSSR count). The standard InChI is InChI=1S/C13H8N2O2S/c16-13-10(7-9-3-1-5-14-8-9)15-12(17-13)11-4-2-6-18-11/h1-8H/b10-7+. The first-order valence-electron chi connectivity index (χ1n) is 5.29. The molecule has 0 fully saturated rings. The highest BCUT2D eigenvalue weighted by Crippen LogP contribution is 2.21. The Kier molecular flexibility index (Phi) is 2.74. The minimum atomic E-state index is -0.428. The zero-order valence-electron chi connectivity index (χ0n) is 9.24. The van der Waals surface area contributed by atoms with Crippen LogP contribution in [0.3, 0.4) is 0 Å². The van der Waals surface area contributed by atoms with E-state index in [1.807, 2.05) is 23.6 Å². The number of hydrogen-bond donors (Lipinski definition) is 0. The van der Waals surface area contributed by atoms with E-state index in [-0.39, 0.29) is 0 Å². The number of esters is 1. The van der Waals surface area contributed by atoms with Crippen molar-refractivity contribution in [3.8, 4) is 0 Å². The molecule has 0 aliphatic carbocycles. The summed E-state index contributed by atoms with van der Waals surface area (Å²) in [5.41, 5.74) is 1.12. The van der Waals surface area contributed by atoms with Crippen molar-refractivity contribution >= 4 is 29.3 Å². The largest absolute Gasteiger partial charge is 0.401 e. The molecule has 0 radical (unpaired) electrons. The van der Waals surface area contributed by atoms with Gasteiger partial charge in [0.25, 0.3) is 0 Å². The lowest BCUT2D eigenvalue weighted by Gasteiger charge is -1.93. The van der Waals surface area contributed by atoms with Crippen LogP contribution in [0.15, 0.2) is 52.7 Å². The van der Waals surface area contributed by atoms with E-state index < -0.39 is 5.97 Å². The number of hydrogen-bond acceptors (Lipinski definition) is 5. The second-order valence-corrected chi connectivity index (χ2v) is 4.55. The van der Waals surface area contributed by atoms with Gasteiger partial charge in [0.1, 0.15) is 0 Å². The number of carbonyl (C=O) groups is 1. The number of cyclic esters (lactones) is 1. The van der Waals surface area contributed by atoms with E-state index in [4.69, 9.17) is 4.74 Å². The first-order valence-corrected chi connectivity index (χ1v) is 6.17. The van der Waals surface area contributed by atoms with Crippen molar-refractivity contribution in [2.24, 2.45) is 4.99 Å². The Morgan fingerprint density at radius 1 is 1.28 bits per heavy atom. The van der Waals surface area contributed by atoms with Crippen LogP contribution in [0.5, 0.6) is 0 Å². The molecule has 0 spiro atoms. The molecule has 0 saturated heterocycles. The highest BCUT2D eigenvalue weighted by molar-refractivity contribution is 7.12. The molecule has 2 aromatic rings. The second kappa shape index (κ2) is 4.54. The molecule has 1 aliphatic rings. The lowest BCUT2D eigenvalue weighted by atomic mass is 10.2. The summed E-state index contributed by atoms with van der Waals surface area (Å²) in [5, 5.41) is 1.91. The Morgan fingerprint density at radius 2 is 2.22 bits per heavy atom. The van der Waals surface area contributed by atoms with Gasteiger partial charge in [-0.25, -0.2) is 9.79 Å². The van der Waals surface area contributed by atoms with Crippen LogP contribution in [0.2, 0.25) is 0 Å². The summed E-state index contributed by atoms with van der Waals surface area (Å²) < 4.78 is 5.12. The van der Waals surface area contributed by atoms with Crippen LogP contribution < -0.4 is 0 Å². The predicted octanol–water partition coefficient (Wildman–Crippen LogP) is 2.49. The maximum absolute atomic E-state index is 11.7. The van der Waals surface area contributed by atoms with Crippen molar-refractivity contribution in [3.05, 3.63) is 58.2 Å². The third-order valence-corrected chi connectivity index (χ3v) is 3.20. The number of pyridine rings is 1. The molecule has 0 amide bonds. The highest BCUT2D eigenvalue weighted by atomic mass is 32.1. The van der Waals surface area contributed by atoms with Gasteiger partial charge in [0.2, 0.25) is 5.90 Å². The van der Waals surface area contributed by atoms with Crippen molar-refractivity contribution in [2.75, 3.05) is 0 Å². The summed E-state index contributed by atoms with van der Waals surface area (Å²) in [6.45, 7) is 0. The van der Waals surface area contributed by atoms with E-state index >= 15 is 0 Å². The molecular weight excluding hydrogens is 248 g/mol. The Hall–Kier alpha value is -2.27. The van der Waals surface area contributed by atoms with Gasteiger partial charge in [0.15, 0.2) is 5.70 Å². The van der Waals surface area contributed by atoms with Crippen molar-refractivity contribution in [1.29, 1.82) is 0 Å². The summed E-state index contributed by atoms with van der Waals surface area (Å²) in [7, 11) is 0. The molecular formula is C13H8N2O2S. The van der Waals surface area contributed by atoms with E-state index in [0.29, 0.717) is 11.6 Å². The first-order chi connectivity index (χ1) is 8.83. The van der Waals surface area contributed by atoms with Gasteiger partial charge in [-0.2, -0.15) is 0 Å². The number of rotatable bonds is 2. The summed E-state index contributed by atoms with van der Waals surface area (Å²) in [6, 6.07) is 7.41. The smallest absolute Gasteiger partial charge is 0.363 e. The normalized spacial score (nSPS) is 16.8. The van der Waals surface area contributed by atoms with Crippen LogP contribution in [-0.4, -0.2) is 16.9 Å². The Morgan fingerprint density at radius 3 is 2.94 bits per heavy atom. The minimum Gasteiger partial charge on any atom is -0.401 e. The number of aliphatic imine (C=N–C) groups is 1. The lowest BCUT2D eigenvalue weighted by Crippen LogP contribution is -2.03. The van der Waals surface area contributed by atoms with Crippen LogP contribution in [0.25, 0.3) is 6.08 Å². The zero-order chi connectivity index (χ0) is 12.4. The fourth-order valence-corrected chi connectivity index (χ4v) is 2.18. The molecule has 0 unspecified atom stereocenters. The van der Waals surface area contributed by atoms with Gasteiger partial charge < -0.3 is 4.74 Å². The van der Waals surface area contributed by atoms with Gasteiger partial charge in [-0.3, -0.25) is 4.98 Å². The van der Waals surface area contributed by atoms with Crippen LogP contribution >= 0.6 is 11.3 Å². The van der Waals surface area contributed by atoms with Gasteiger partial charge in [-0.05, 0) is 29.2 Å². The SMILES string of the molecule is O=C1OC(c2cccs2)=N/C1=C/c1cccnc1. The van der Waals surface area contributed by atoms with E-state index in [2.05, 4.69) is 9.98 Å². The zero-order valence-corrected chi connectivity index (χ0v) is 10.1. The maximum Gasteiger partial charge on any atom is 0.363 e. The van der Waals surface area contributed by atoms with Gasteiger partial charge in [-0.15, -0.1) is 11.3 Å². The van der Waals surface area contributed by atoms with Crippen molar-refractivity contribution in [1.82, 2.24) is 4.98 Å². The molecule has 0 atom stereocenters. The Labute approximate surface area is 107 Å². The van der Waals surface area contributed by atoms with E-state index in [0.717, 1.165) is 10.4 Å². The number of carbonyl (C=O) groups excluding carboxylic acids is 1. The number of aromatic nitrogens is 1. The van der Waals surface area contributed by atoms with E-state index in [9.17, 15) is 4.79 Å². The van der Waals surface area contributed by atoms with Gasteiger partial charge in [-0.1, -0.05) is 12.1 Å². The molecule has 4 nitrogen and oxygen atoms in total. The molecule has 0 N–H and O–H groups in total. The number of thiophene rings is 1. The predicted molar refractivity (Wildman–Crippen MR) is 69.2 cm³/mol. The molecule has 5 heteroatoms. The van der Waals surface area contributed by atoms with Crippen LogP contribution in [-0.2, 0) is 9.53 Å². The molecule has 2 aromatic heterocycles. The van der Waals surface area contributed by atoms with E-state index in [1.165, 1.54) is 11.3 Å². The highest BCUT2D eigenvalue weighted by Gasteiger charge is 2.24. The Bertz CT molecular complexity index is 630.